The van der Waals surface area contributed by atoms with Crippen LogP contribution in [0.5, 0.6) is 5.75 Å². The van der Waals surface area contributed by atoms with Gasteiger partial charge in [-0.25, -0.2) is 9.59 Å². The number of phenolic OH excluding ortho intramolecular Hbond substituents is 1. The number of likely N-dealkylation sites (tertiary alicyclic amines) is 1. The van der Waals surface area contributed by atoms with Gasteiger partial charge in [-0.2, -0.15) is 0 Å². The highest BCUT2D eigenvalue weighted by atomic mass is 16.4. The molecular formula is C25H37NO7. The second-order valence-electron chi connectivity index (χ2n) is 9.95. The van der Waals surface area contributed by atoms with E-state index in [0.29, 0.717) is 11.2 Å². The smallest absolute Gasteiger partial charge is 0.335 e. The van der Waals surface area contributed by atoms with E-state index < -0.39 is 24.1 Å². The summed E-state index contributed by atoms with van der Waals surface area (Å²) in [6, 6.07) is 6.94. The lowest BCUT2D eigenvalue weighted by atomic mass is 9.52. The van der Waals surface area contributed by atoms with Gasteiger partial charge < -0.3 is 25.5 Å². The molecule has 2 bridgehead atoms. The minimum atomic E-state index is -2.27. The Balaban J connectivity index is 0.000000262. The number of aromatic hydroxyl groups is 1. The molecule has 0 aromatic heterocycles. The zero-order valence-electron chi connectivity index (χ0n) is 19.5. The highest BCUT2D eigenvalue weighted by Gasteiger charge is 2.53. The molecule has 0 amide bonds. The van der Waals surface area contributed by atoms with Crippen LogP contribution in [0.25, 0.3) is 0 Å². The van der Waals surface area contributed by atoms with Crippen LogP contribution < -0.4 is 0 Å². The van der Waals surface area contributed by atoms with Crippen molar-refractivity contribution < 1.29 is 35.1 Å². The molecule has 8 nitrogen and oxygen atoms in total. The first-order chi connectivity index (χ1) is 15.6. The summed E-state index contributed by atoms with van der Waals surface area (Å²) in [5, 5.41) is 42.6. The number of carboxylic acids is 2. The Morgan fingerprint density at radius 3 is 2.39 bits per heavy atom. The molecule has 2 aliphatic carbocycles. The van der Waals surface area contributed by atoms with Gasteiger partial charge in [0.25, 0.3) is 0 Å². The number of nitrogens with zero attached hydrogens (tertiary/aromatic N) is 1. The van der Waals surface area contributed by atoms with Crippen LogP contribution in [0.4, 0.5) is 0 Å². The largest absolute Gasteiger partial charge is 0.508 e. The Morgan fingerprint density at radius 2 is 1.79 bits per heavy atom. The van der Waals surface area contributed by atoms with Crippen molar-refractivity contribution in [3.63, 3.8) is 0 Å². The van der Waals surface area contributed by atoms with Gasteiger partial charge in [0.05, 0.1) is 0 Å². The maximum absolute atomic E-state index is 10.1. The van der Waals surface area contributed by atoms with E-state index >= 15 is 0 Å². The molecule has 5 N–H and O–H groups in total. The van der Waals surface area contributed by atoms with Crippen molar-refractivity contribution in [3.05, 3.63) is 29.3 Å². The van der Waals surface area contributed by atoms with Crippen LogP contribution in [-0.2, 0) is 21.4 Å². The number of hydrogen-bond acceptors (Lipinski definition) is 6. The Hall–Kier alpha value is -2.16. The summed E-state index contributed by atoms with van der Waals surface area (Å²) < 4.78 is 0. The van der Waals surface area contributed by atoms with Gasteiger partial charge in [-0.05, 0) is 67.3 Å². The second kappa shape index (κ2) is 10.4. The minimum Gasteiger partial charge on any atom is -0.508 e. The number of carbonyl (C=O) groups is 2. The lowest BCUT2D eigenvalue weighted by molar-refractivity contribution is -0.165. The van der Waals surface area contributed by atoms with Gasteiger partial charge >= 0.3 is 11.9 Å². The van der Waals surface area contributed by atoms with Crippen molar-refractivity contribution >= 4 is 11.9 Å². The highest BCUT2D eigenvalue weighted by Crippen LogP contribution is 2.56. The first-order valence-electron chi connectivity index (χ1n) is 12.0. The van der Waals surface area contributed by atoms with E-state index in [9.17, 15) is 14.7 Å². The van der Waals surface area contributed by atoms with E-state index in [-0.39, 0.29) is 0 Å². The molecular weight excluding hydrogens is 426 g/mol. The average molecular weight is 464 g/mol. The number of piperidine rings is 1. The zero-order valence-corrected chi connectivity index (χ0v) is 19.5. The number of rotatable bonds is 6. The number of hydrogen-bond donors (Lipinski definition) is 5. The third-order valence-corrected chi connectivity index (χ3v) is 7.98. The molecule has 4 rings (SSSR count). The Kier molecular flexibility index (Phi) is 8.03. The van der Waals surface area contributed by atoms with E-state index in [1.165, 1.54) is 69.2 Å². The van der Waals surface area contributed by atoms with Gasteiger partial charge in [0.2, 0.25) is 0 Å². The van der Waals surface area contributed by atoms with Crippen LogP contribution in [0.3, 0.4) is 0 Å². The van der Waals surface area contributed by atoms with Crippen molar-refractivity contribution in [2.75, 3.05) is 13.1 Å². The predicted octanol–water partition coefficient (Wildman–Crippen LogP) is 2.37. The fourth-order valence-corrected chi connectivity index (χ4v) is 6.10. The van der Waals surface area contributed by atoms with Crippen LogP contribution in [0.15, 0.2) is 18.2 Å². The lowest BCUT2D eigenvalue weighted by Crippen LogP contribution is -2.61. The fourth-order valence-electron chi connectivity index (χ4n) is 6.10. The van der Waals surface area contributed by atoms with E-state index in [0.717, 1.165) is 17.9 Å². The Bertz CT molecular complexity index is 841. The van der Waals surface area contributed by atoms with Crippen LogP contribution in [0.2, 0.25) is 0 Å². The maximum atomic E-state index is 10.1. The van der Waals surface area contributed by atoms with Crippen LogP contribution in [0.1, 0.15) is 63.5 Å². The Morgan fingerprint density at radius 1 is 1.12 bits per heavy atom. The molecule has 184 valence electrons. The molecule has 6 atom stereocenters. The Labute approximate surface area is 194 Å². The minimum absolute atomic E-state index is 0.362. The molecule has 1 heterocycles. The summed E-state index contributed by atoms with van der Waals surface area (Å²) in [5.74, 6) is -1.47. The first-order valence-corrected chi connectivity index (χ1v) is 12.0. The molecule has 0 spiro atoms. The summed E-state index contributed by atoms with van der Waals surface area (Å²) in [6.45, 7) is 7.23. The molecule has 1 aromatic rings. The average Bonchev–Trinajstić information content (AvgIpc) is 2.80. The normalized spacial score (nSPS) is 28.8. The number of carboxylic acid groups (broad SMARTS) is 2. The quantitative estimate of drug-likeness (QED) is 0.433. The molecule has 33 heavy (non-hydrogen) atoms. The highest BCUT2D eigenvalue weighted by molar-refractivity contribution is 5.83. The number of aliphatic hydroxyl groups excluding tert-OH is 2. The number of benzene rings is 1. The van der Waals surface area contributed by atoms with Crippen molar-refractivity contribution in [1.82, 2.24) is 4.90 Å². The molecule has 1 aromatic carbocycles. The van der Waals surface area contributed by atoms with Crippen LogP contribution in [0, 0.1) is 11.8 Å². The van der Waals surface area contributed by atoms with E-state index in [1.54, 1.807) is 0 Å². The topological polar surface area (TPSA) is 139 Å². The van der Waals surface area contributed by atoms with E-state index in [1.807, 2.05) is 6.07 Å². The molecule has 1 aliphatic heterocycles. The molecule has 0 radical (unpaired) electrons. The van der Waals surface area contributed by atoms with Gasteiger partial charge in [-0.15, -0.1) is 0 Å². The van der Waals surface area contributed by atoms with Crippen molar-refractivity contribution in [2.24, 2.45) is 11.8 Å². The summed E-state index contributed by atoms with van der Waals surface area (Å²) in [6.07, 6.45) is 4.72. The molecule has 1 saturated carbocycles. The summed E-state index contributed by atoms with van der Waals surface area (Å²) in [4.78, 5) is 22.4. The van der Waals surface area contributed by atoms with Crippen LogP contribution >= 0.6 is 0 Å². The summed E-state index contributed by atoms with van der Waals surface area (Å²) >= 11 is 0. The third kappa shape index (κ3) is 5.18. The molecule has 1 saturated heterocycles. The van der Waals surface area contributed by atoms with Gasteiger partial charge in [0.1, 0.15) is 5.75 Å². The second-order valence-corrected chi connectivity index (χ2v) is 9.95. The number of aliphatic hydroxyl groups is 2. The van der Waals surface area contributed by atoms with Crippen molar-refractivity contribution in [2.45, 2.75) is 82.5 Å². The molecule has 3 unspecified atom stereocenters. The third-order valence-electron chi connectivity index (χ3n) is 7.98. The standard InChI is InChI=1S/C21H31NO.C4H6O6/c1-3-15(2)14-22-11-10-21-9-5-4-6-18(21)20(22)12-16-7-8-17(23)13-19(16)21;5-1(3(7)8)2(6)4(9)10/h7-8,13,15,18,20,23H,3-6,9-12,14H2,1-2H3;1-2,5-6H,(H,7,8)(H,9,10)/t15?,18-,20+,21+;/m0./s1. The zero-order chi connectivity index (χ0) is 24.3. The maximum Gasteiger partial charge on any atom is 0.335 e. The summed E-state index contributed by atoms with van der Waals surface area (Å²) in [7, 11) is 0. The van der Waals surface area contributed by atoms with Gasteiger partial charge in [-0.3, -0.25) is 4.90 Å². The van der Waals surface area contributed by atoms with Gasteiger partial charge in [-0.1, -0.05) is 39.2 Å². The van der Waals surface area contributed by atoms with Crippen LogP contribution in [-0.4, -0.2) is 73.7 Å². The molecule has 8 heteroatoms. The van der Waals surface area contributed by atoms with E-state index in [4.69, 9.17) is 20.4 Å². The first kappa shape index (κ1) is 25.5. The fraction of sp³-hybridized carbons (Fsp3) is 0.680. The predicted molar refractivity (Wildman–Crippen MR) is 122 cm³/mol. The monoisotopic (exact) mass is 463 g/mol. The summed E-state index contributed by atoms with van der Waals surface area (Å²) in [5.41, 5.74) is 3.38. The molecule has 3 aliphatic rings. The SMILES string of the molecule is CCC(C)CN1CC[C@]23CCCC[C@H]2[C@H]1Cc1ccc(O)cc13.O=C(O)C(O)C(O)C(=O)O. The number of aliphatic carboxylic acids is 2. The van der Waals surface area contributed by atoms with E-state index in [2.05, 4.69) is 30.9 Å². The lowest BCUT2D eigenvalue weighted by Gasteiger charge is -2.59. The number of phenols is 1. The van der Waals surface area contributed by atoms with Crippen molar-refractivity contribution in [3.8, 4) is 5.75 Å². The van der Waals surface area contributed by atoms with Gasteiger partial charge in [0.15, 0.2) is 12.2 Å². The number of fused-ring (bicyclic) bond motifs is 1. The molecule has 2 fully saturated rings. The van der Waals surface area contributed by atoms with Crippen molar-refractivity contribution in [1.29, 1.82) is 0 Å². The van der Waals surface area contributed by atoms with Gasteiger partial charge in [0, 0.05) is 18.0 Å².